The van der Waals surface area contributed by atoms with E-state index in [-0.39, 0.29) is 24.4 Å². The summed E-state index contributed by atoms with van der Waals surface area (Å²) in [5.41, 5.74) is 0.805. The molecule has 0 aromatic heterocycles. The molecule has 0 saturated carbocycles. The summed E-state index contributed by atoms with van der Waals surface area (Å²) in [6.45, 7) is 3.70. The highest BCUT2D eigenvalue weighted by Crippen LogP contribution is 2.31. The number of carbonyl (C=O) groups excluding carboxylic acids is 1. The van der Waals surface area contributed by atoms with Crippen molar-refractivity contribution in [2.45, 2.75) is 19.4 Å². The van der Waals surface area contributed by atoms with Crippen LogP contribution in [0.15, 0.2) is 53.5 Å². The van der Waals surface area contributed by atoms with Gasteiger partial charge in [0.15, 0.2) is 12.6 Å². The Morgan fingerprint density at radius 1 is 1.27 bits per heavy atom. The van der Waals surface area contributed by atoms with Crippen molar-refractivity contribution >= 4 is 17.6 Å². The molecule has 1 unspecified atom stereocenters. The maximum absolute atomic E-state index is 13.2. The average molecular weight is 414 g/mol. The number of hydrogen-bond acceptors (Lipinski definition) is 4. The van der Waals surface area contributed by atoms with Crippen LogP contribution in [0.4, 0.5) is 10.1 Å². The van der Waals surface area contributed by atoms with Gasteiger partial charge in [0.1, 0.15) is 23.4 Å². The first kappa shape index (κ1) is 21.4. The van der Waals surface area contributed by atoms with Crippen LogP contribution < -0.4 is 25.0 Å². The number of guanidine groups is 1. The summed E-state index contributed by atoms with van der Waals surface area (Å²) in [6, 6.07) is 13.6. The summed E-state index contributed by atoms with van der Waals surface area (Å²) in [7, 11) is 1.69. The third-order valence-corrected chi connectivity index (χ3v) is 4.57. The highest BCUT2D eigenvalue weighted by atomic mass is 19.1. The van der Waals surface area contributed by atoms with Crippen LogP contribution in [0, 0.1) is 5.82 Å². The minimum absolute atomic E-state index is 0.0421. The van der Waals surface area contributed by atoms with Gasteiger partial charge in [0.05, 0.1) is 12.2 Å². The normalized spacial score (nSPS) is 14.6. The largest absolute Gasteiger partial charge is 0.489 e. The van der Waals surface area contributed by atoms with E-state index in [0.717, 1.165) is 17.9 Å². The number of amides is 1. The zero-order chi connectivity index (χ0) is 21.3. The van der Waals surface area contributed by atoms with Crippen LogP contribution in [-0.4, -0.2) is 51.3 Å². The number of hydrogen-bond donors (Lipinski definition) is 2. The van der Waals surface area contributed by atoms with Gasteiger partial charge in [-0.15, -0.1) is 0 Å². The monoisotopic (exact) mass is 414 g/mol. The number of nitrogens with one attached hydrogen (secondary N) is 2. The molecule has 7 nitrogen and oxygen atoms in total. The second-order valence-electron chi connectivity index (χ2n) is 6.92. The first-order valence-corrected chi connectivity index (χ1v) is 9.95. The zero-order valence-electron chi connectivity index (χ0n) is 17.2. The Kier molecular flexibility index (Phi) is 7.48. The molecule has 8 heteroatoms. The van der Waals surface area contributed by atoms with Gasteiger partial charge >= 0.3 is 0 Å². The number of aliphatic imine (C=N–C) groups is 1. The lowest BCUT2D eigenvalue weighted by Crippen LogP contribution is -2.43. The van der Waals surface area contributed by atoms with E-state index in [1.54, 1.807) is 24.1 Å². The van der Waals surface area contributed by atoms with Crippen LogP contribution in [0.5, 0.6) is 11.5 Å². The Morgan fingerprint density at radius 2 is 2.10 bits per heavy atom. The van der Waals surface area contributed by atoms with Crippen LogP contribution in [0.25, 0.3) is 0 Å². The van der Waals surface area contributed by atoms with Gasteiger partial charge in [-0.05, 0) is 37.6 Å². The quantitative estimate of drug-likeness (QED) is 0.395. The third-order valence-electron chi connectivity index (χ3n) is 4.57. The first-order valence-electron chi connectivity index (χ1n) is 9.95. The van der Waals surface area contributed by atoms with Gasteiger partial charge < -0.3 is 25.0 Å². The second kappa shape index (κ2) is 10.5. The van der Waals surface area contributed by atoms with Crippen molar-refractivity contribution in [1.82, 2.24) is 10.6 Å². The highest BCUT2D eigenvalue weighted by molar-refractivity contribution is 5.97. The molecule has 1 heterocycles. The molecule has 0 bridgehead atoms. The van der Waals surface area contributed by atoms with Gasteiger partial charge in [0.2, 0.25) is 0 Å². The number of para-hydroxylation sites is 2. The van der Waals surface area contributed by atoms with E-state index in [4.69, 9.17) is 9.47 Å². The Labute approximate surface area is 175 Å². The van der Waals surface area contributed by atoms with Crippen LogP contribution in [0.3, 0.4) is 0 Å². The summed E-state index contributed by atoms with van der Waals surface area (Å²) in [5, 5.41) is 6.42. The van der Waals surface area contributed by atoms with Crippen LogP contribution in [0.2, 0.25) is 0 Å². The molecule has 1 atom stereocenters. The Balaban J connectivity index is 1.40. The Morgan fingerprint density at radius 3 is 2.90 bits per heavy atom. The van der Waals surface area contributed by atoms with E-state index < -0.39 is 0 Å². The number of fused-ring (bicyclic) bond motifs is 1. The van der Waals surface area contributed by atoms with Crippen molar-refractivity contribution in [3.63, 3.8) is 0 Å². The van der Waals surface area contributed by atoms with E-state index >= 15 is 0 Å². The molecule has 0 spiro atoms. The summed E-state index contributed by atoms with van der Waals surface area (Å²) in [5.74, 6) is 1.49. The summed E-state index contributed by atoms with van der Waals surface area (Å²) < 4.78 is 24.4. The molecule has 2 aromatic carbocycles. The predicted octanol–water partition coefficient (Wildman–Crippen LogP) is 2.57. The molecule has 1 aliphatic rings. The Hall–Kier alpha value is -3.29. The molecule has 0 aliphatic carbocycles. The molecule has 2 aromatic rings. The average Bonchev–Trinajstić information content (AvgIpc) is 2.74. The molecular formula is C22H27FN4O3. The molecular weight excluding hydrogens is 387 g/mol. The van der Waals surface area contributed by atoms with Crippen molar-refractivity contribution in [2.75, 3.05) is 38.2 Å². The summed E-state index contributed by atoms with van der Waals surface area (Å²) in [6.07, 6.45) is 0.573. The lowest BCUT2D eigenvalue weighted by Gasteiger charge is -2.29. The number of rotatable bonds is 8. The number of anilines is 1. The molecule has 30 heavy (non-hydrogen) atoms. The van der Waals surface area contributed by atoms with Crippen molar-refractivity contribution in [2.24, 2.45) is 4.99 Å². The lowest BCUT2D eigenvalue weighted by atomic mass is 10.2. The third kappa shape index (κ3) is 5.85. The maximum Gasteiger partial charge on any atom is 0.265 e. The van der Waals surface area contributed by atoms with E-state index in [0.29, 0.717) is 31.3 Å². The van der Waals surface area contributed by atoms with Gasteiger partial charge in [-0.25, -0.2) is 4.39 Å². The Bertz CT molecular complexity index is 890. The number of ether oxygens (including phenoxy) is 2. The van der Waals surface area contributed by atoms with E-state index in [9.17, 15) is 9.18 Å². The topological polar surface area (TPSA) is 75.2 Å². The molecule has 0 saturated heterocycles. The van der Waals surface area contributed by atoms with Gasteiger partial charge in [-0.1, -0.05) is 18.2 Å². The van der Waals surface area contributed by atoms with Crippen molar-refractivity contribution in [3.05, 3.63) is 54.3 Å². The zero-order valence-corrected chi connectivity index (χ0v) is 17.2. The van der Waals surface area contributed by atoms with E-state index in [1.807, 2.05) is 31.2 Å². The van der Waals surface area contributed by atoms with Crippen molar-refractivity contribution in [1.29, 1.82) is 0 Å². The number of halogens is 1. The van der Waals surface area contributed by atoms with Gasteiger partial charge in [-0.2, -0.15) is 0 Å². The van der Waals surface area contributed by atoms with Gasteiger partial charge in [0.25, 0.3) is 5.91 Å². The smallest absolute Gasteiger partial charge is 0.265 e. The standard InChI is InChI=1S/C22H27FN4O3/c1-16(30-18-8-5-7-17(23)13-18)14-26-22(24-2)25-11-6-12-27-19-9-3-4-10-20(19)29-15-21(27)28/h3-5,7-10,13,16H,6,11-12,14-15H2,1-2H3,(H2,24,25,26). The molecule has 160 valence electrons. The minimum atomic E-state index is -0.327. The minimum Gasteiger partial charge on any atom is -0.489 e. The number of nitrogens with zero attached hydrogens (tertiary/aromatic N) is 2. The van der Waals surface area contributed by atoms with Crippen molar-refractivity contribution < 1.29 is 18.7 Å². The van der Waals surface area contributed by atoms with Gasteiger partial charge in [0, 0.05) is 26.2 Å². The maximum atomic E-state index is 13.2. The predicted molar refractivity (Wildman–Crippen MR) is 115 cm³/mol. The molecule has 1 aliphatic heterocycles. The first-order chi connectivity index (χ1) is 14.6. The molecule has 1 amide bonds. The molecule has 3 rings (SSSR count). The fourth-order valence-electron chi connectivity index (χ4n) is 3.12. The van der Waals surface area contributed by atoms with Gasteiger partial charge in [-0.3, -0.25) is 9.79 Å². The number of benzene rings is 2. The van der Waals surface area contributed by atoms with Crippen LogP contribution >= 0.6 is 0 Å². The number of carbonyl (C=O) groups is 1. The van der Waals surface area contributed by atoms with Crippen LogP contribution in [-0.2, 0) is 4.79 Å². The highest BCUT2D eigenvalue weighted by Gasteiger charge is 2.24. The fourth-order valence-corrected chi connectivity index (χ4v) is 3.12. The lowest BCUT2D eigenvalue weighted by molar-refractivity contribution is -0.121. The molecule has 0 fully saturated rings. The van der Waals surface area contributed by atoms with E-state index in [1.165, 1.54) is 12.1 Å². The molecule has 2 N–H and O–H groups in total. The summed E-state index contributed by atoms with van der Waals surface area (Å²) >= 11 is 0. The fraction of sp³-hybridized carbons (Fsp3) is 0.364. The van der Waals surface area contributed by atoms with Crippen molar-refractivity contribution in [3.8, 4) is 11.5 Å². The van der Waals surface area contributed by atoms with E-state index in [2.05, 4.69) is 15.6 Å². The summed E-state index contributed by atoms with van der Waals surface area (Å²) in [4.78, 5) is 18.1. The molecule has 0 radical (unpaired) electrons. The van der Waals surface area contributed by atoms with Crippen LogP contribution in [0.1, 0.15) is 13.3 Å². The SMILES string of the molecule is CN=C(NCCCN1C(=O)COc2ccccc21)NCC(C)Oc1cccc(F)c1. The second-order valence-corrected chi connectivity index (χ2v) is 6.92.